The second kappa shape index (κ2) is 9.96. The Labute approximate surface area is 253 Å². The highest BCUT2D eigenvalue weighted by molar-refractivity contribution is 5.89. The van der Waals surface area contributed by atoms with Crippen LogP contribution in [0.3, 0.4) is 0 Å². The molecule has 43 heavy (non-hydrogen) atoms. The maximum absolute atomic E-state index is 13.7. The summed E-state index contributed by atoms with van der Waals surface area (Å²) in [7, 11) is 9.01. The lowest BCUT2D eigenvalue weighted by molar-refractivity contribution is -0.285. The fourth-order valence-corrected chi connectivity index (χ4v) is 12.2. The number of benzene rings is 1. The molecular weight excluding hydrogens is 554 g/mol. The van der Waals surface area contributed by atoms with Crippen molar-refractivity contribution in [3.63, 3.8) is 0 Å². The van der Waals surface area contributed by atoms with Gasteiger partial charge in [0.15, 0.2) is 0 Å². The molecule has 5 saturated carbocycles. The van der Waals surface area contributed by atoms with Gasteiger partial charge in [-0.05, 0) is 44.4 Å². The molecular formula is C33H45NO9. The van der Waals surface area contributed by atoms with Crippen LogP contribution >= 0.6 is 0 Å². The number of aliphatic hydroxyl groups is 1. The molecule has 0 radical (unpaired) electrons. The van der Waals surface area contributed by atoms with Crippen molar-refractivity contribution in [3.8, 4) is 0 Å². The van der Waals surface area contributed by atoms with Gasteiger partial charge in [-0.1, -0.05) is 18.2 Å². The van der Waals surface area contributed by atoms with E-state index in [0.29, 0.717) is 18.6 Å². The van der Waals surface area contributed by atoms with Crippen LogP contribution in [0.5, 0.6) is 0 Å². The van der Waals surface area contributed by atoms with E-state index >= 15 is 0 Å². The van der Waals surface area contributed by atoms with Crippen LogP contribution in [0.2, 0.25) is 0 Å². The minimum atomic E-state index is -1.48. The van der Waals surface area contributed by atoms with E-state index in [1.807, 2.05) is 6.07 Å². The summed E-state index contributed by atoms with van der Waals surface area (Å²) in [6, 6.07) is 8.77. The quantitative estimate of drug-likeness (QED) is 0.447. The Balaban J connectivity index is 1.48. The molecule has 1 saturated heterocycles. The topological polar surface area (TPSA) is 113 Å². The van der Waals surface area contributed by atoms with Gasteiger partial charge in [0.05, 0.1) is 30.5 Å². The van der Waals surface area contributed by atoms with Crippen LogP contribution in [0.1, 0.15) is 43.0 Å². The third-order valence-corrected chi connectivity index (χ3v) is 12.7. The van der Waals surface area contributed by atoms with E-state index in [1.165, 1.54) is 6.92 Å². The largest absolute Gasteiger partial charge is 0.458 e. The number of carbonyl (C=O) groups is 2. The summed E-state index contributed by atoms with van der Waals surface area (Å²) < 4.78 is 38.0. The molecule has 5 aliphatic carbocycles. The molecule has 4 unspecified atom stereocenters. The number of rotatable bonds is 8. The minimum Gasteiger partial charge on any atom is -0.458 e. The lowest BCUT2D eigenvalue weighted by atomic mass is 9.43. The van der Waals surface area contributed by atoms with Gasteiger partial charge in [0.1, 0.15) is 17.3 Å². The van der Waals surface area contributed by atoms with Crippen molar-refractivity contribution in [1.82, 2.24) is 4.90 Å². The lowest BCUT2D eigenvalue weighted by Crippen LogP contribution is -2.77. The number of likely N-dealkylation sites (tertiary alicyclic amines) is 1. The van der Waals surface area contributed by atoms with Crippen LogP contribution in [-0.2, 0) is 33.2 Å². The zero-order valence-corrected chi connectivity index (χ0v) is 26.0. The Kier molecular flexibility index (Phi) is 6.86. The molecule has 7 bridgehead atoms. The van der Waals surface area contributed by atoms with Crippen LogP contribution in [0.4, 0.5) is 0 Å². The second-order valence-electron chi connectivity index (χ2n) is 14.1. The third kappa shape index (κ3) is 3.51. The number of hydrogen-bond donors (Lipinski definition) is 1. The zero-order chi connectivity index (χ0) is 30.5. The zero-order valence-electron chi connectivity index (χ0n) is 26.0. The van der Waals surface area contributed by atoms with Crippen molar-refractivity contribution >= 4 is 11.9 Å². The van der Waals surface area contributed by atoms with E-state index in [4.69, 9.17) is 28.4 Å². The highest BCUT2D eigenvalue weighted by atomic mass is 16.6. The maximum atomic E-state index is 13.7. The van der Waals surface area contributed by atoms with Crippen molar-refractivity contribution in [2.24, 2.45) is 34.5 Å². The Morgan fingerprint density at radius 1 is 1.00 bits per heavy atom. The molecule has 6 aliphatic rings. The van der Waals surface area contributed by atoms with Crippen LogP contribution in [0.15, 0.2) is 30.3 Å². The Morgan fingerprint density at radius 2 is 1.72 bits per heavy atom. The van der Waals surface area contributed by atoms with Gasteiger partial charge in [0.25, 0.3) is 0 Å². The van der Waals surface area contributed by atoms with Gasteiger partial charge in [0, 0.05) is 83.0 Å². The fraction of sp³-hybridized carbons (Fsp3) is 0.758. The molecule has 0 amide bonds. The molecule has 0 aromatic heterocycles. The van der Waals surface area contributed by atoms with Crippen molar-refractivity contribution in [2.75, 3.05) is 48.6 Å². The van der Waals surface area contributed by atoms with Crippen molar-refractivity contribution in [2.45, 2.75) is 74.3 Å². The summed E-state index contributed by atoms with van der Waals surface area (Å²) >= 11 is 0. The molecule has 1 heterocycles. The van der Waals surface area contributed by atoms with Gasteiger partial charge in [-0.25, -0.2) is 4.79 Å². The van der Waals surface area contributed by atoms with Crippen molar-refractivity contribution < 1.29 is 43.1 Å². The van der Waals surface area contributed by atoms with Crippen LogP contribution < -0.4 is 0 Å². The smallest absolute Gasteiger partial charge is 0.338 e. The molecule has 7 rings (SSSR count). The molecule has 1 N–H and O–H groups in total. The summed E-state index contributed by atoms with van der Waals surface area (Å²) in [6.07, 6.45) is 0.272. The first kappa shape index (κ1) is 29.6. The molecule has 236 valence electrons. The van der Waals surface area contributed by atoms with Gasteiger partial charge in [-0.3, -0.25) is 4.79 Å². The van der Waals surface area contributed by atoms with Crippen LogP contribution in [0.25, 0.3) is 0 Å². The predicted molar refractivity (Wildman–Crippen MR) is 153 cm³/mol. The number of fused-ring (bicyclic) bond motifs is 2. The molecule has 1 aromatic carbocycles. The molecule has 1 aliphatic heterocycles. The fourth-order valence-electron chi connectivity index (χ4n) is 12.2. The third-order valence-electron chi connectivity index (χ3n) is 12.7. The standard InChI is InChI=1S/C33H45NO9/c1-18(35)43-32-15-22(40-5)31(37)14-20(23(32)28(31)42-29(36)19-10-8-7-9-11-19)33-21(39-4)12-13-30(17-38-3)16-34(2)27(33)24(32)25(41-6)26(30)33/h7-11,20-28,37H,12-17H2,1-6H3/t20?,21-,22-,23?,24-,25-,26?,27+,28?,30-,31-,32+,33-/m0/s1. The Morgan fingerprint density at radius 3 is 2.35 bits per heavy atom. The first-order valence-corrected chi connectivity index (χ1v) is 15.5. The number of piperidine rings is 1. The van der Waals surface area contributed by atoms with E-state index < -0.39 is 46.7 Å². The number of carbonyl (C=O) groups excluding carboxylic acids is 2. The normalized spacial score (nSPS) is 49.0. The summed E-state index contributed by atoms with van der Waals surface area (Å²) in [5.41, 5.74) is -2.88. The van der Waals surface area contributed by atoms with E-state index in [-0.39, 0.29) is 47.8 Å². The first-order valence-electron chi connectivity index (χ1n) is 15.5. The van der Waals surface area contributed by atoms with E-state index in [2.05, 4.69) is 11.9 Å². The van der Waals surface area contributed by atoms with Crippen molar-refractivity contribution in [3.05, 3.63) is 35.9 Å². The Hall–Kier alpha value is -2.08. The number of nitrogens with zero attached hydrogens (tertiary/aromatic N) is 1. The van der Waals surface area contributed by atoms with E-state index in [1.54, 1.807) is 52.7 Å². The average Bonchev–Trinajstić information content (AvgIpc) is 3.37. The summed E-state index contributed by atoms with van der Waals surface area (Å²) in [5.74, 6) is -1.87. The highest BCUT2D eigenvalue weighted by Gasteiger charge is 2.89. The highest BCUT2D eigenvalue weighted by Crippen LogP contribution is 2.80. The number of ether oxygens (including phenoxy) is 6. The van der Waals surface area contributed by atoms with Gasteiger partial charge in [0.2, 0.25) is 0 Å². The number of esters is 2. The Bertz CT molecular complexity index is 1280. The molecule has 10 nitrogen and oxygen atoms in total. The van der Waals surface area contributed by atoms with E-state index in [9.17, 15) is 14.7 Å². The lowest BCUT2D eigenvalue weighted by Gasteiger charge is -2.69. The van der Waals surface area contributed by atoms with Gasteiger partial charge < -0.3 is 38.4 Å². The summed E-state index contributed by atoms with van der Waals surface area (Å²) in [6.45, 7) is 2.82. The maximum Gasteiger partial charge on any atom is 0.338 e. The van der Waals surface area contributed by atoms with E-state index in [0.717, 1.165) is 19.4 Å². The van der Waals surface area contributed by atoms with Gasteiger partial charge >= 0.3 is 11.9 Å². The second-order valence-corrected chi connectivity index (χ2v) is 14.1. The van der Waals surface area contributed by atoms with Crippen molar-refractivity contribution in [1.29, 1.82) is 0 Å². The number of hydrogen-bond acceptors (Lipinski definition) is 10. The number of methoxy groups -OCH3 is 4. The predicted octanol–water partition coefficient (Wildman–Crippen LogP) is 2.32. The van der Waals surface area contributed by atoms with Gasteiger partial charge in [-0.15, -0.1) is 0 Å². The summed E-state index contributed by atoms with van der Waals surface area (Å²) in [5, 5.41) is 12.7. The SMILES string of the molecule is COC[C@@]12CC[C@H](OC)[C@@]34C5C[C@@]6(O)C(OC(=O)c7ccccc7)C5[C@](OC(C)=O)(C[C@@H]6OC)[C@@H]([C@H](OC)C13)[C@H]4N(C)C2. The minimum absolute atomic E-state index is 0.0201. The molecule has 1 aromatic rings. The molecule has 1 spiro atoms. The first-order chi connectivity index (χ1) is 20.6. The van der Waals surface area contributed by atoms with Crippen LogP contribution in [-0.4, -0.2) is 112 Å². The summed E-state index contributed by atoms with van der Waals surface area (Å²) in [4.78, 5) is 29.2. The monoisotopic (exact) mass is 599 g/mol. The average molecular weight is 600 g/mol. The molecule has 10 heteroatoms. The van der Waals surface area contributed by atoms with Gasteiger partial charge in [-0.2, -0.15) is 0 Å². The molecule has 6 fully saturated rings. The molecule has 13 atom stereocenters. The van der Waals surface area contributed by atoms with Crippen LogP contribution in [0, 0.1) is 34.5 Å².